The summed E-state index contributed by atoms with van der Waals surface area (Å²) in [5, 5.41) is 0.786. The van der Waals surface area contributed by atoms with E-state index in [1.54, 1.807) is 11.8 Å². The lowest BCUT2D eigenvalue weighted by Crippen LogP contribution is -1.80. The molecule has 0 bridgehead atoms. The molecule has 0 aliphatic rings. The Morgan fingerprint density at radius 3 is 2.50 bits per heavy atom. The molecule has 0 fully saturated rings. The van der Waals surface area contributed by atoms with Gasteiger partial charge in [-0.2, -0.15) is 0 Å². The molecule has 0 aliphatic heterocycles. The second-order valence-electron chi connectivity index (χ2n) is 3.44. The van der Waals surface area contributed by atoms with Crippen molar-refractivity contribution in [2.24, 2.45) is 0 Å². The summed E-state index contributed by atoms with van der Waals surface area (Å²) in [5.41, 5.74) is 1.20. The molecule has 0 atom stereocenters. The van der Waals surface area contributed by atoms with Crippen LogP contribution in [0.5, 0.6) is 0 Å². The van der Waals surface area contributed by atoms with E-state index in [1.165, 1.54) is 15.4 Å². The number of halogens is 2. The highest BCUT2D eigenvalue weighted by Crippen LogP contribution is 2.35. The van der Waals surface area contributed by atoms with Crippen molar-refractivity contribution in [3.05, 3.63) is 57.5 Å². The topological polar surface area (TPSA) is 0 Å². The zero-order chi connectivity index (χ0) is 11.5. The van der Waals surface area contributed by atoms with Crippen LogP contribution in [0.2, 0.25) is 5.02 Å². The Balaban J connectivity index is 2.31. The molecule has 0 aliphatic carbocycles. The van der Waals surface area contributed by atoms with E-state index in [0.29, 0.717) is 0 Å². The van der Waals surface area contributed by atoms with Gasteiger partial charge in [-0.05, 0) is 58.7 Å². The molecule has 3 heteroatoms. The van der Waals surface area contributed by atoms with Crippen LogP contribution in [0.15, 0.2) is 56.7 Å². The quantitative estimate of drug-likeness (QED) is 0.699. The van der Waals surface area contributed by atoms with Gasteiger partial charge in [0.15, 0.2) is 0 Å². The summed E-state index contributed by atoms with van der Waals surface area (Å²) < 4.78 is 1.12. The molecule has 0 saturated heterocycles. The maximum atomic E-state index is 5.93. The largest absolute Gasteiger partial charge is 0.0886 e. The number of aryl methyl sites for hydroxylation is 1. The first-order chi connectivity index (χ1) is 7.66. The minimum Gasteiger partial charge on any atom is -0.0886 e. The molecular weight excluding hydrogens is 304 g/mol. The van der Waals surface area contributed by atoms with Crippen LogP contribution in [0.3, 0.4) is 0 Å². The average Bonchev–Trinajstić information content (AvgIpc) is 2.25. The van der Waals surface area contributed by atoms with E-state index in [-0.39, 0.29) is 0 Å². The zero-order valence-electron chi connectivity index (χ0n) is 8.71. The van der Waals surface area contributed by atoms with E-state index in [9.17, 15) is 0 Å². The van der Waals surface area contributed by atoms with E-state index in [2.05, 4.69) is 35.0 Å². The fraction of sp³-hybridized carbons (Fsp3) is 0.0769. The van der Waals surface area contributed by atoms with Crippen molar-refractivity contribution in [1.82, 2.24) is 0 Å². The molecule has 82 valence electrons. The molecule has 0 N–H and O–H groups in total. The lowest BCUT2D eigenvalue weighted by Gasteiger charge is -2.07. The predicted octanol–water partition coefficient (Wildman–Crippen LogP) is 5.56. The second kappa shape index (κ2) is 5.26. The highest BCUT2D eigenvalue weighted by Gasteiger charge is 2.04. The van der Waals surface area contributed by atoms with Gasteiger partial charge in [-0.15, -0.1) is 0 Å². The van der Waals surface area contributed by atoms with Gasteiger partial charge in [-0.1, -0.05) is 35.5 Å². The standard InChI is InChI=1S/C13H10BrClS/c1-9-8-10(15)6-7-12(9)16-13-5-3-2-4-11(13)14/h2-8H,1H3. The van der Waals surface area contributed by atoms with E-state index < -0.39 is 0 Å². The number of hydrogen-bond acceptors (Lipinski definition) is 1. The Labute approximate surface area is 113 Å². The molecule has 0 unspecified atom stereocenters. The summed E-state index contributed by atoms with van der Waals surface area (Å²) in [6.45, 7) is 2.07. The lowest BCUT2D eigenvalue weighted by molar-refractivity contribution is 1.29. The van der Waals surface area contributed by atoms with Crippen LogP contribution in [0.4, 0.5) is 0 Å². The van der Waals surface area contributed by atoms with E-state index in [1.807, 2.05) is 30.3 Å². The SMILES string of the molecule is Cc1cc(Cl)ccc1Sc1ccccc1Br. The molecule has 0 spiro atoms. The van der Waals surface area contributed by atoms with Gasteiger partial charge in [0.05, 0.1) is 0 Å². The first kappa shape index (κ1) is 12.0. The van der Waals surface area contributed by atoms with Gasteiger partial charge < -0.3 is 0 Å². The molecule has 2 aromatic carbocycles. The van der Waals surface area contributed by atoms with E-state index in [0.717, 1.165) is 9.50 Å². The third-order valence-corrected chi connectivity index (χ3v) is 4.64. The molecule has 16 heavy (non-hydrogen) atoms. The van der Waals surface area contributed by atoms with Crippen LogP contribution < -0.4 is 0 Å². The summed E-state index contributed by atoms with van der Waals surface area (Å²) >= 11 is 11.2. The van der Waals surface area contributed by atoms with Crippen LogP contribution in [-0.2, 0) is 0 Å². The third kappa shape index (κ3) is 2.82. The molecule has 0 aromatic heterocycles. The molecule has 2 aromatic rings. The van der Waals surface area contributed by atoms with Gasteiger partial charge >= 0.3 is 0 Å². The van der Waals surface area contributed by atoms with Crippen molar-refractivity contribution in [2.75, 3.05) is 0 Å². The maximum Gasteiger partial charge on any atom is 0.0409 e. The average molecular weight is 314 g/mol. The molecule has 0 saturated carbocycles. The number of hydrogen-bond donors (Lipinski definition) is 0. The Hall–Kier alpha value is -0.440. The lowest BCUT2D eigenvalue weighted by atomic mass is 10.2. The highest BCUT2D eigenvalue weighted by atomic mass is 79.9. The van der Waals surface area contributed by atoms with Crippen LogP contribution in [0.25, 0.3) is 0 Å². The van der Waals surface area contributed by atoms with Gasteiger partial charge in [0.25, 0.3) is 0 Å². The van der Waals surface area contributed by atoms with Crippen molar-refractivity contribution in [3.63, 3.8) is 0 Å². The first-order valence-corrected chi connectivity index (χ1v) is 6.84. The van der Waals surface area contributed by atoms with Gasteiger partial charge in [-0.3, -0.25) is 0 Å². The number of benzene rings is 2. The van der Waals surface area contributed by atoms with Crippen molar-refractivity contribution in [2.45, 2.75) is 16.7 Å². The van der Waals surface area contributed by atoms with Gasteiger partial charge in [0.1, 0.15) is 0 Å². The van der Waals surface area contributed by atoms with Gasteiger partial charge in [-0.25, -0.2) is 0 Å². The van der Waals surface area contributed by atoms with Crippen molar-refractivity contribution in [1.29, 1.82) is 0 Å². The fourth-order valence-electron chi connectivity index (χ4n) is 1.37. The van der Waals surface area contributed by atoms with E-state index in [4.69, 9.17) is 11.6 Å². The van der Waals surface area contributed by atoms with Crippen molar-refractivity contribution in [3.8, 4) is 0 Å². The summed E-state index contributed by atoms with van der Waals surface area (Å²) in [6.07, 6.45) is 0. The van der Waals surface area contributed by atoms with Crippen LogP contribution in [-0.4, -0.2) is 0 Å². The summed E-state index contributed by atoms with van der Waals surface area (Å²) in [4.78, 5) is 2.45. The normalized spacial score (nSPS) is 10.4. The Morgan fingerprint density at radius 2 is 1.81 bits per heavy atom. The summed E-state index contributed by atoms with van der Waals surface area (Å²) in [5.74, 6) is 0. The predicted molar refractivity (Wildman–Crippen MR) is 74.5 cm³/mol. The first-order valence-electron chi connectivity index (χ1n) is 4.85. The molecular formula is C13H10BrClS. The molecule has 2 rings (SSSR count). The van der Waals surface area contributed by atoms with Crippen LogP contribution in [0, 0.1) is 6.92 Å². The summed E-state index contributed by atoms with van der Waals surface area (Å²) in [7, 11) is 0. The smallest absolute Gasteiger partial charge is 0.0409 e. The zero-order valence-corrected chi connectivity index (χ0v) is 11.9. The minimum absolute atomic E-state index is 0.786. The Bertz CT molecular complexity index is 511. The molecule has 0 radical (unpaired) electrons. The Morgan fingerprint density at radius 1 is 1.06 bits per heavy atom. The molecule has 0 nitrogen and oxygen atoms in total. The maximum absolute atomic E-state index is 5.93. The van der Waals surface area contributed by atoms with Crippen LogP contribution in [0.1, 0.15) is 5.56 Å². The monoisotopic (exact) mass is 312 g/mol. The second-order valence-corrected chi connectivity index (χ2v) is 5.82. The number of rotatable bonds is 2. The molecule has 0 amide bonds. The molecule has 0 heterocycles. The minimum atomic E-state index is 0.786. The van der Waals surface area contributed by atoms with Gasteiger partial charge in [0.2, 0.25) is 0 Å². The Kier molecular flexibility index (Phi) is 3.95. The van der Waals surface area contributed by atoms with Crippen molar-refractivity contribution < 1.29 is 0 Å². The third-order valence-electron chi connectivity index (χ3n) is 2.19. The van der Waals surface area contributed by atoms with E-state index >= 15 is 0 Å². The van der Waals surface area contributed by atoms with Crippen molar-refractivity contribution >= 4 is 39.3 Å². The highest BCUT2D eigenvalue weighted by molar-refractivity contribution is 9.10. The van der Waals surface area contributed by atoms with Gasteiger partial charge in [0, 0.05) is 19.3 Å². The van der Waals surface area contributed by atoms with Crippen LogP contribution >= 0.6 is 39.3 Å². The summed E-state index contributed by atoms with van der Waals surface area (Å²) in [6, 6.07) is 14.2. The fourth-order valence-corrected chi connectivity index (χ4v) is 3.03.